The number of nitrogens with one attached hydrogen (secondary N) is 1. The van der Waals surface area contributed by atoms with Crippen LogP contribution in [0.5, 0.6) is 0 Å². The third-order valence-corrected chi connectivity index (χ3v) is 4.84. The number of benzene rings is 1. The first kappa shape index (κ1) is 14.9. The van der Waals surface area contributed by atoms with Gasteiger partial charge in [0.05, 0.1) is 5.69 Å². The van der Waals surface area contributed by atoms with Gasteiger partial charge in [-0.05, 0) is 25.5 Å². The second kappa shape index (κ2) is 5.87. The zero-order valence-electron chi connectivity index (χ0n) is 12.1. The quantitative estimate of drug-likeness (QED) is 0.685. The van der Waals surface area contributed by atoms with E-state index in [1.807, 2.05) is 24.3 Å². The molecule has 1 N–H and O–H groups in total. The molecule has 1 atom stereocenters. The van der Waals surface area contributed by atoms with Crippen molar-refractivity contribution >= 4 is 29.3 Å². The molecule has 0 saturated carbocycles. The molecule has 0 radical (unpaired) electrons. The Morgan fingerprint density at radius 2 is 2.10 bits per heavy atom. The van der Waals surface area contributed by atoms with E-state index >= 15 is 0 Å². The highest BCUT2D eigenvalue weighted by Crippen LogP contribution is 2.44. The van der Waals surface area contributed by atoms with Crippen molar-refractivity contribution in [3.8, 4) is 0 Å². The van der Waals surface area contributed by atoms with E-state index in [2.05, 4.69) is 12.2 Å². The van der Waals surface area contributed by atoms with E-state index in [0.717, 1.165) is 23.4 Å². The number of hydrogen-bond donors (Lipinski definition) is 1. The van der Waals surface area contributed by atoms with Crippen LogP contribution in [0.4, 0.5) is 5.69 Å². The van der Waals surface area contributed by atoms with Crippen LogP contribution in [0.25, 0.3) is 0 Å². The number of hydrogen-bond acceptors (Lipinski definition) is 3. The van der Waals surface area contributed by atoms with Crippen LogP contribution in [0.3, 0.4) is 0 Å². The van der Waals surface area contributed by atoms with Gasteiger partial charge < -0.3 is 10.2 Å². The average molecular weight is 292 g/mol. The Balaban J connectivity index is 2.24. The van der Waals surface area contributed by atoms with Crippen LogP contribution in [0.2, 0.25) is 0 Å². The fourth-order valence-corrected chi connectivity index (χ4v) is 3.49. The predicted octanol–water partition coefficient (Wildman–Crippen LogP) is 2.43. The van der Waals surface area contributed by atoms with Gasteiger partial charge in [-0.15, -0.1) is 0 Å². The summed E-state index contributed by atoms with van der Waals surface area (Å²) in [4.78, 5) is 27.4. The molecule has 0 spiro atoms. The van der Waals surface area contributed by atoms with Crippen molar-refractivity contribution in [2.24, 2.45) is 0 Å². The monoisotopic (exact) mass is 292 g/mol. The lowest BCUT2D eigenvalue weighted by molar-refractivity contribution is -0.131. The molecule has 2 amide bonds. The Morgan fingerprint density at radius 3 is 2.80 bits per heavy atom. The Hall–Kier alpha value is -1.49. The number of unbranched alkanes of at least 4 members (excludes halogenated alkanes) is 1. The lowest BCUT2D eigenvalue weighted by Gasteiger charge is -2.36. The molecule has 1 heterocycles. The Kier molecular flexibility index (Phi) is 4.38. The van der Waals surface area contributed by atoms with Gasteiger partial charge in [0.25, 0.3) is 5.91 Å². The highest BCUT2D eigenvalue weighted by Gasteiger charge is 2.47. The number of anilines is 1. The summed E-state index contributed by atoms with van der Waals surface area (Å²) in [6.45, 7) is 4.39. The van der Waals surface area contributed by atoms with Gasteiger partial charge in [-0.2, -0.15) is 0 Å². The molecule has 0 aliphatic carbocycles. The van der Waals surface area contributed by atoms with Crippen molar-refractivity contribution in [2.45, 2.75) is 36.3 Å². The lowest BCUT2D eigenvalue weighted by atomic mass is 10.1. The number of rotatable bonds is 4. The van der Waals surface area contributed by atoms with E-state index < -0.39 is 4.75 Å². The van der Waals surface area contributed by atoms with E-state index in [4.69, 9.17) is 0 Å². The SMILES string of the molecule is CCCCNC(=O)[C@]1(C)Sc2ccccc2N(C)C1=O. The molecule has 20 heavy (non-hydrogen) atoms. The van der Waals surface area contributed by atoms with E-state index in [0.29, 0.717) is 6.54 Å². The van der Waals surface area contributed by atoms with Crippen LogP contribution in [-0.4, -0.2) is 30.2 Å². The molecule has 4 nitrogen and oxygen atoms in total. The van der Waals surface area contributed by atoms with Crippen LogP contribution in [-0.2, 0) is 9.59 Å². The fourth-order valence-electron chi connectivity index (χ4n) is 2.20. The number of carbonyl (C=O) groups is 2. The van der Waals surface area contributed by atoms with Crippen LogP contribution in [0, 0.1) is 0 Å². The highest BCUT2D eigenvalue weighted by molar-refractivity contribution is 8.02. The van der Waals surface area contributed by atoms with Crippen molar-refractivity contribution in [1.82, 2.24) is 5.32 Å². The van der Waals surface area contributed by atoms with Crippen molar-refractivity contribution < 1.29 is 9.59 Å². The van der Waals surface area contributed by atoms with E-state index in [1.165, 1.54) is 11.8 Å². The molecular weight excluding hydrogens is 272 g/mol. The van der Waals surface area contributed by atoms with E-state index in [9.17, 15) is 9.59 Å². The van der Waals surface area contributed by atoms with Crippen LogP contribution >= 0.6 is 11.8 Å². The summed E-state index contributed by atoms with van der Waals surface area (Å²) in [5.74, 6) is -0.377. The minimum Gasteiger partial charge on any atom is -0.354 e. The van der Waals surface area contributed by atoms with Gasteiger partial charge >= 0.3 is 0 Å². The Labute approximate surface area is 123 Å². The number of fused-ring (bicyclic) bond motifs is 1. The zero-order chi connectivity index (χ0) is 14.8. The summed E-state index contributed by atoms with van der Waals surface area (Å²) >= 11 is 1.33. The molecule has 2 rings (SSSR count). The van der Waals surface area contributed by atoms with Gasteiger partial charge in [-0.25, -0.2) is 0 Å². The zero-order valence-corrected chi connectivity index (χ0v) is 12.9. The van der Waals surface area contributed by atoms with Crippen LogP contribution in [0.15, 0.2) is 29.2 Å². The second-order valence-electron chi connectivity index (χ2n) is 5.08. The van der Waals surface area contributed by atoms with Gasteiger partial charge in [0, 0.05) is 18.5 Å². The first-order valence-electron chi connectivity index (χ1n) is 6.85. The van der Waals surface area contributed by atoms with Crippen molar-refractivity contribution in [2.75, 3.05) is 18.5 Å². The third-order valence-electron chi connectivity index (χ3n) is 3.50. The van der Waals surface area contributed by atoms with E-state index in [-0.39, 0.29) is 11.8 Å². The van der Waals surface area contributed by atoms with Crippen molar-refractivity contribution in [3.63, 3.8) is 0 Å². The number of amides is 2. The van der Waals surface area contributed by atoms with Gasteiger partial charge in [-0.3, -0.25) is 9.59 Å². The summed E-state index contributed by atoms with van der Waals surface area (Å²) in [6, 6.07) is 7.66. The largest absolute Gasteiger partial charge is 0.354 e. The minimum atomic E-state index is -1.09. The maximum Gasteiger partial charge on any atom is 0.252 e. The standard InChI is InChI=1S/C15H20N2O2S/c1-4-5-10-16-13(18)15(2)14(19)17(3)11-8-6-7-9-12(11)20-15/h6-9H,4-5,10H2,1-3H3,(H,16,18)/t15-/m0/s1. The second-order valence-corrected chi connectivity index (χ2v) is 6.54. The van der Waals surface area contributed by atoms with Gasteiger partial charge in [0.1, 0.15) is 0 Å². The number of nitrogens with zero attached hydrogens (tertiary/aromatic N) is 1. The van der Waals surface area contributed by atoms with Crippen LogP contribution < -0.4 is 10.2 Å². The molecule has 0 unspecified atom stereocenters. The number of para-hydroxylation sites is 1. The summed E-state index contributed by atoms with van der Waals surface area (Å²) in [5, 5.41) is 2.87. The summed E-state index contributed by atoms with van der Waals surface area (Å²) < 4.78 is -1.09. The van der Waals surface area contributed by atoms with Gasteiger partial charge in [0.15, 0.2) is 4.75 Å². The molecule has 0 bridgehead atoms. The molecule has 0 aromatic heterocycles. The molecule has 5 heteroatoms. The van der Waals surface area contributed by atoms with Gasteiger partial charge in [-0.1, -0.05) is 37.2 Å². The normalized spacial score (nSPS) is 21.6. The van der Waals surface area contributed by atoms with E-state index in [1.54, 1.807) is 18.9 Å². The molecule has 1 aromatic carbocycles. The molecule has 108 valence electrons. The summed E-state index contributed by atoms with van der Waals surface area (Å²) in [5.41, 5.74) is 0.862. The molecule has 1 aliphatic rings. The Bertz CT molecular complexity index is 532. The first-order valence-corrected chi connectivity index (χ1v) is 7.67. The van der Waals surface area contributed by atoms with Crippen molar-refractivity contribution in [1.29, 1.82) is 0 Å². The van der Waals surface area contributed by atoms with Gasteiger partial charge in [0.2, 0.25) is 5.91 Å². The van der Waals surface area contributed by atoms with Crippen molar-refractivity contribution in [3.05, 3.63) is 24.3 Å². The first-order chi connectivity index (χ1) is 9.50. The molecule has 1 aliphatic heterocycles. The maximum atomic E-state index is 12.5. The topological polar surface area (TPSA) is 49.4 Å². The lowest BCUT2D eigenvalue weighted by Crippen LogP contribution is -2.55. The maximum absolute atomic E-state index is 12.5. The third kappa shape index (κ3) is 2.54. The fraction of sp³-hybridized carbons (Fsp3) is 0.467. The minimum absolute atomic E-state index is 0.171. The molecular formula is C15H20N2O2S. The molecule has 0 fully saturated rings. The summed E-state index contributed by atoms with van der Waals surface area (Å²) in [6.07, 6.45) is 1.94. The molecule has 1 aromatic rings. The predicted molar refractivity (Wildman–Crippen MR) is 82.0 cm³/mol. The molecule has 0 saturated heterocycles. The highest BCUT2D eigenvalue weighted by atomic mass is 32.2. The smallest absolute Gasteiger partial charge is 0.252 e. The number of carbonyl (C=O) groups excluding carboxylic acids is 2. The Morgan fingerprint density at radius 1 is 1.40 bits per heavy atom. The van der Waals surface area contributed by atoms with Crippen LogP contribution in [0.1, 0.15) is 26.7 Å². The average Bonchev–Trinajstić information content (AvgIpc) is 2.45. The summed E-state index contributed by atoms with van der Waals surface area (Å²) in [7, 11) is 1.72. The number of thioether (sulfide) groups is 1.